The minimum Gasteiger partial charge on any atom is -0.375 e. The summed E-state index contributed by atoms with van der Waals surface area (Å²) in [5.41, 5.74) is 1.05. The molecule has 2 rings (SSSR count). The maximum absolute atomic E-state index is 12.1. The zero-order valence-corrected chi connectivity index (χ0v) is 15.6. The summed E-state index contributed by atoms with van der Waals surface area (Å²) in [5, 5.41) is 6.74. The lowest BCUT2D eigenvalue weighted by molar-refractivity contribution is -0.131. The van der Waals surface area contributed by atoms with Crippen molar-refractivity contribution in [2.24, 2.45) is 0 Å². The normalized spacial score (nSPS) is 10.2. The van der Waals surface area contributed by atoms with E-state index in [2.05, 4.69) is 10.6 Å². The van der Waals surface area contributed by atoms with Crippen LogP contribution in [-0.2, 0) is 9.59 Å². The van der Waals surface area contributed by atoms with Gasteiger partial charge in [0, 0.05) is 7.05 Å². The molecule has 0 aliphatic carbocycles. The molecule has 0 heterocycles. The molecule has 25 heavy (non-hydrogen) atoms. The van der Waals surface area contributed by atoms with E-state index in [1.165, 1.54) is 11.9 Å². The van der Waals surface area contributed by atoms with E-state index >= 15 is 0 Å². The Morgan fingerprint density at radius 3 is 2.32 bits per heavy atom. The number of anilines is 2. The van der Waals surface area contributed by atoms with E-state index in [0.717, 1.165) is 0 Å². The van der Waals surface area contributed by atoms with E-state index in [9.17, 15) is 9.59 Å². The number of halogens is 3. The minimum absolute atomic E-state index is 0.0179. The molecule has 2 aromatic rings. The summed E-state index contributed by atoms with van der Waals surface area (Å²) >= 11 is 18.0. The Balaban J connectivity index is 1.86. The molecule has 0 aromatic heterocycles. The summed E-state index contributed by atoms with van der Waals surface area (Å²) in [6, 6.07) is 12.0. The molecule has 0 fully saturated rings. The molecule has 132 valence electrons. The smallest absolute Gasteiger partial charge is 0.244 e. The summed E-state index contributed by atoms with van der Waals surface area (Å²) < 4.78 is 0. The van der Waals surface area contributed by atoms with Gasteiger partial charge in [0.1, 0.15) is 0 Å². The molecule has 0 atom stereocenters. The molecule has 2 aromatic carbocycles. The number of nitrogens with zero attached hydrogens (tertiary/aromatic N) is 1. The van der Waals surface area contributed by atoms with Crippen molar-refractivity contribution in [2.75, 3.05) is 30.8 Å². The van der Waals surface area contributed by atoms with Crippen LogP contribution in [0.5, 0.6) is 0 Å². The molecule has 0 aliphatic rings. The van der Waals surface area contributed by atoms with Gasteiger partial charge in [0.15, 0.2) is 0 Å². The first-order valence-corrected chi connectivity index (χ1v) is 8.48. The van der Waals surface area contributed by atoms with Crippen LogP contribution in [0, 0.1) is 0 Å². The van der Waals surface area contributed by atoms with Gasteiger partial charge >= 0.3 is 0 Å². The lowest BCUT2D eigenvalue weighted by Gasteiger charge is -2.18. The van der Waals surface area contributed by atoms with Crippen molar-refractivity contribution in [3.63, 3.8) is 0 Å². The fourth-order valence-electron chi connectivity index (χ4n) is 2.00. The number of carbonyl (C=O) groups is 2. The fourth-order valence-corrected chi connectivity index (χ4v) is 2.55. The molecule has 2 amide bonds. The first kappa shape index (κ1) is 19.4. The number of hydrogen-bond acceptors (Lipinski definition) is 3. The number of amides is 2. The topological polar surface area (TPSA) is 61.4 Å². The second-order valence-corrected chi connectivity index (χ2v) is 6.43. The predicted molar refractivity (Wildman–Crippen MR) is 103 cm³/mol. The van der Waals surface area contributed by atoms with Crippen molar-refractivity contribution in [1.82, 2.24) is 4.90 Å². The number of likely N-dealkylation sites (N-methyl/N-ethyl adjacent to an activating group) is 1. The van der Waals surface area contributed by atoms with Crippen molar-refractivity contribution >= 4 is 58.0 Å². The van der Waals surface area contributed by atoms with Crippen LogP contribution in [0.2, 0.25) is 15.1 Å². The third kappa shape index (κ3) is 5.53. The third-order valence-electron chi connectivity index (χ3n) is 3.34. The second kappa shape index (κ2) is 8.94. The fraction of sp³-hybridized carbons (Fsp3) is 0.176. The van der Waals surface area contributed by atoms with Crippen LogP contribution in [-0.4, -0.2) is 36.9 Å². The molecule has 8 heteroatoms. The van der Waals surface area contributed by atoms with Gasteiger partial charge in [-0.25, -0.2) is 0 Å². The van der Waals surface area contributed by atoms with Crippen LogP contribution in [0.1, 0.15) is 0 Å². The molecule has 5 nitrogen and oxygen atoms in total. The average molecular weight is 401 g/mol. The van der Waals surface area contributed by atoms with Crippen LogP contribution in [0.3, 0.4) is 0 Å². The van der Waals surface area contributed by atoms with Gasteiger partial charge in [0.2, 0.25) is 11.8 Å². The van der Waals surface area contributed by atoms with Gasteiger partial charge in [-0.15, -0.1) is 0 Å². The van der Waals surface area contributed by atoms with E-state index in [-0.39, 0.29) is 24.9 Å². The molecule has 0 unspecified atom stereocenters. The minimum atomic E-state index is -0.343. The Labute approximate surface area is 160 Å². The Morgan fingerprint density at radius 1 is 0.960 bits per heavy atom. The Bertz CT molecular complexity index is 783. The zero-order chi connectivity index (χ0) is 18.4. The Kier molecular flexibility index (Phi) is 6.93. The molecule has 0 saturated carbocycles. The van der Waals surface area contributed by atoms with Crippen molar-refractivity contribution < 1.29 is 9.59 Å². The first-order valence-electron chi connectivity index (χ1n) is 7.34. The zero-order valence-electron chi connectivity index (χ0n) is 13.4. The van der Waals surface area contributed by atoms with Crippen LogP contribution in [0.4, 0.5) is 11.4 Å². The highest BCUT2D eigenvalue weighted by molar-refractivity contribution is 6.43. The SMILES string of the molecule is CN(CC(=O)Nc1ccccc1Cl)C(=O)CNc1cccc(Cl)c1Cl. The number of nitrogens with one attached hydrogen (secondary N) is 2. The van der Waals surface area contributed by atoms with Gasteiger partial charge in [-0.3, -0.25) is 9.59 Å². The molecule has 0 aliphatic heterocycles. The van der Waals surface area contributed by atoms with E-state index in [4.69, 9.17) is 34.8 Å². The predicted octanol–water partition coefficient (Wildman–Crippen LogP) is 4.16. The third-order valence-corrected chi connectivity index (χ3v) is 4.48. The van der Waals surface area contributed by atoms with Gasteiger partial charge in [0.05, 0.1) is 39.5 Å². The first-order chi connectivity index (χ1) is 11.9. The maximum Gasteiger partial charge on any atom is 0.244 e. The second-order valence-electron chi connectivity index (χ2n) is 5.23. The van der Waals surface area contributed by atoms with E-state index in [1.54, 1.807) is 42.5 Å². The highest BCUT2D eigenvalue weighted by atomic mass is 35.5. The Hall–Kier alpha value is -1.95. The van der Waals surface area contributed by atoms with Gasteiger partial charge in [-0.05, 0) is 24.3 Å². The highest BCUT2D eigenvalue weighted by Gasteiger charge is 2.14. The number of benzene rings is 2. The number of para-hydroxylation sites is 1. The van der Waals surface area contributed by atoms with Crippen LogP contribution in [0.15, 0.2) is 42.5 Å². The summed E-state index contributed by atoms with van der Waals surface area (Å²) in [7, 11) is 1.54. The van der Waals surface area contributed by atoms with Crippen LogP contribution < -0.4 is 10.6 Å². The molecular formula is C17H16Cl3N3O2. The van der Waals surface area contributed by atoms with Crippen molar-refractivity contribution in [1.29, 1.82) is 0 Å². The van der Waals surface area contributed by atoms with Crippen molar-refractivity contribution in [3.8, 4) is 0 Å². The molecule has 0 saturated heterocycles. The van der Waals surface area contributed by atoms with Crippen LogP contribution in [0.25, 0.3) is 0 Å². The molecule has 0 radical (unpaired) electrons. The van der Waals surface area contributed by atoms with Gasteiger partial charge in [-0.1, -0.05) is 53.0 Å². The standard InChI is InChI=1S/C17H16Cl3N3O2/c1-23(10-15(24)22-13-7-3-2-5-11(13)18)16(25)9-21-14-8-4-6-12(19)17(14)20/h2-8,21H,9-10H2,1H3,(H,22,24). The quantitative estimate of drug-likeness (QED) is 0.765. The van der Waals surface area contributed by atoms with E-state index in [1.807, 2.05) is 0 Å². The van der Waals surface area contributed by atoms with Crippen molar-refractivity contribution in [3.05, 3.63) is 57.5 Å². The molecule has 0 spiro atoms. The highest BCUT2D eigenvalue weighted by Crippen LogP contribution is 2.29. The summed E-state index contributed by atoms with van der Waals surface area (Å²) in [6.07, 6.45) is 0. The molecule has 2 N–H and O–H groups in total. The lowest BCUT2D eigenvalue weighted by Crippen LogP contribution is -2.38. The van der Waals surface area contributed by atoms with Crippen LogP contribution >= 0.6 is 34.8 Å². The number of hydrogen-bond donors (Lipinski definition) is 2. The Morgan fingerprint density at radius 2 is 1.60 bits per heavy atom. The number of carbonyl (C=O) groups excluding carboxylic acids is 2. The largest absolute Gasteiger partial charge is 0.375 e. The molecular weight excluding hydrogens is 385 g/mol. The summed E-state index contributed by atoms with van der Waals surface area (Å²) in [6.45, 7) is -0.120. The van der Waals surface area contributed by atoms with Gasteiger partial charge < -0.3 is 15.5 Å². The van der Waals surface area contributed by atoms with Gasteiger partial charge in [0.25, 0.3) is 0 Å². The van der Waals surface area contributed by atoms with E-state index in [0.29, 0.717) is 26.4 Å². The lowest BCUT2D eigenvalue weighted by atomic mass is 10.3. The molecule has 0 bridgehead atoms. The maximum atomic E-state index is 12.1. The number of rotatable bonds is 6. The van der Waals surface area contributed by atoms with Crippen molar-refractivity contribution in [2.45, 2.75) is 0 Å². The monoisotopic (exact) mass is 399 g/mol. The average Bonchev–Trinajstić information content (AvgIpc) is 2.58. The van der Waals surface area contributed by atoms with E-state index < -0.39 is 0 Å². The summed E-state index contributed by atoms with van der Waals surface area (Å²) in [5.74, 6) is -0.616. The summed E-state index contributed by atoms with van der Waals surface area (Å²) in [4.78, 5) is 25.5. The van der Waals surface area contributed by atoms with Gasteiger partial charge in [-0.2, -0.15) is 0 Å².